The molecular weight excluding hydrogens is 472 g/mol. The number of rotatable bonds is 10. The molecule has 166 valence electrons. The number of thiophene rings is 2. The van der Waals surface area contributed by atoms with Gasteiger partial charge in [-0.3, -0.25) is 4.79 Å². The maximum Gasteiger partial charge on any atom is 0.253 e. The van der Waals surface area contributed by atoms with Crippen molar-refractivity contribution in [3.63, 3.8) is 0 Å². The van der Waals surface area contributed by atoms with E-state index in [1.54, 1.807) is 33.8 Å². The van der Waals surface area contributed by atoms with Gasteiger partial charge >= 0.3 is 0 Å². The van der Waals surface area contributed by atoms with Crippen LogP contribution in [0.5, 0.6) is 0 Å². The van der Waals surface area contributed by atoms with Crippen LogP contribution in [0.4, 0.5) is 0 Å². The Morgan fingerprint density at radius 2 is 1.87 bits per heavy atom. The average molecular weight is 497 g/mol. The van der Waals surface area contributed by atoms with Gasteiger partial charge in [0.25, 0.3) is 10.0 Å². The van der Waals surface area contributed by atoms with Crippen LogP contribution in [0.1, 0.15) is 29.2 Å². The van der Waals surface area contributed by atoms with E-state index in [2.05, 4.69) is 5.32 Å². The zero-order valence-corrected chi connectivity index (χ0v) is 20.6. The highest BCUT2D eigenvalue weighted by molar-refractivity contribution is 7.91. The molecule has 0 radical (unpaired) electrons. The molecule has 9 heteroatoms. The lowest BCUT2D eigenvalue weighted by atomic mass is 10.1. The van der Waals surface area contributed by atoms with E-state index in [-0.39, 0.29) is 18.5 Å². The van der Waals surface area contributed by atoms with Crippen molar-refractivity contribution >= 4 is 50.2 Å². The van der Waals surface area contributed by atoms with Crippen LogP contribution in [0, 0.1) is 0 Å². The smallest absolute Gasteiger partial charge is 0.253 e. The monoisotopic (exact) mass is 496 g/mol. The summed E-state index contributed by atoms with van der Waals surface area (Å²) in [4.78, 5) is 13.1. The van der Waals surface area contributed by atoms with Gasteiger partial charge in [0.05, 0.1) is 0 Å². The summed E-state index contributed by atoms with van der Waals surface area (Å²) in [6.07, 6.45) is 1.24. The van der Waals surface area contributed by atoms with Crippen LogP contribution in [0.3, 0.4) is 0 Å². The van der Waals surface area contributed by atoms with E-state index in [4.69, 9.17) is 11.6 Å². The number of carbonyl (C=O) groups is 1. The van der Waals surface area contributed by atoms with Crippen LogP contribution < -0.4 is 5.32 Å². The first-order chi connectivity index (χ1) is 14.8. The van der Waals surface area contributed by atoms with Gasteiger partial charge in [-0.25, -0.2) is 8.42 Å². The number of benzene rings is 1. The first-order valence-corrected chi connectivity index (χ1v) is 13.4. The molecule has 3 rings (SSSR count). The lowest BCUT2D eigenvalue weighted by Gasteiger charge is -2.28. The van der Waals surface area contributed by atoms with Crippen LogP contribution in [-0.2, 0) is 34.2 Å². The number of halogens is 1. The number of amides is 1. The Kier molecular flexibility index (Phi) is 8.30. The fraction of sp³-hybridized carbons (Fsp3) is 0.318. The Balaban J connectivity index is 1.84. The summed E-state index contributed by atoms with van der Waals surface area (Å²) in [6.45, 7) is 4.16. The van der Waals surface area contributed by atoms with Gasteiger partial charge in [-0.15, -0.1) is 22.7 Å². The number of sulfonamides is 1. The van der Waals surface area contributed by atoms with Gasteiger partial charge in [-0.1, -0.05) is 29.8 Å². The standard InChI is InChI=1S/C22H25ClN2O3S3/c1-16(14-21-4-3-13-29-21)25(15-18-5-7-19(23)8-6-18)31(27,28)22-10-9-20(30-22)11-12-24-17(2)26/h3-10,13,16H,11-12,14-15H2,1-2H3,(H,24,26). The van der Waals surface area contributed by atoms with E-state index < -0.39 is 10.0 Å². The minimum Gasteiger partial charge on any atom is -0.356 e. The van der Waals surface area contributed by atoms with E-state index in [0.29, 0.717) is 28.6 Å². The molecule has 0 aliphatic heterocycles. The summed E-state index contributed by atoms with van der Waals surface area (Å²) >= 11 is 8.89. The molecule has 1 N–H and O–H groups in total. The second kappa shape index (κ2) is 10.7. The molecule has 31 heavy (non-hydrogen) atoms. The molecule has 5 nitrogen and oxygen atoms in total. The van der Waals surface area contributed by atoms with E-state index >= 15 is 0 Å². The van der Waals surface area contributed by atoms with Crippen molar-refractivity contribution in [2.24, 2.45) is 0 Å². The van der Waals surface area contributed by atoms with Gasteiger partial charge in [0.15, 0.2) is 0 Å². The van der Waals surface area contributed by atoms with Crippen LogP contribution in [0.15, 0.2) is 58.1 Å². The minimum atomic E-state index is -3.70. The van der Waals surface area contributed by atoms with E-state index in [9.17, 15) is 13.2 Å². The van der Waals surface area contributed by atoms with Crippen molar-refractivity contribution in [3.8, 4) is 0 Å². The molecule has 0 fully saturated rings. The van der Waals surface area contributed by atoms with E-state index in [1.165, 1.54) is 18.3 Å². The molecule has 2 heterocycles. The van der Waals surface area contributed by atoms with Crippen molar-refractivity contribution in [3.05, 3.63) is 74.3 Å². The molecule has 3 aromatic rings. The van der Waals surface area contributed by atoms with Gasteiger partial charge < -0.3 is 5.32 Å². The van der Waals surface area contributed by atoms with Crippen molar-refractivity contribution in [1.82, 2.24) is 9.62 Å². The second-order valence-electron chi connectivity index (χ2n) is 7.26. The van der Waals surface area contributed by atoms with Crippen LogP contribution >= 0.6 is 34.3 Å². The van der Waals surface area contributed by atoms with Crippen LogP contribution in [-0.4, -0.2) is 31.2 Å². The third-order valence-electron chi connectivity index (χ3n) is 4.77. The molecule has 2 aromatic heterocycles. The van der Waals surface area contributed by atoms with Gasteiger partial charge in [-0.2, -0.15) is 4.31 Å². The molecule has 0 aliphatic rings. The zero-order chi connectivity index (χ0) is 22.4. The van der Waals surface area contributed by atoms with Gasteiger partial charge in [0.1, 0.15) is 4.21 Å². The fourth-order valence-corrected chi connectivity index (χ4v) is 7.23. The van der Waals surface area contributed by atoms with Crippen molar-refractivity contribution in [2.75, 3.05) is 6.54 Å². The minimum absolute atomic E-state index is 0.0963. The molecule has 0 bridgehead atoms. The third-order valence-corrected chi connectivity index (χ3v) is 9.49. The largest absolute Gasteiger partial charge is 0.356 e. The molecule has 1 atom stereocenters. The highest BCUT2D eigenvalue weighted by atomic mass is 35.5. The molecule has 0 saturated heterocycles. The Hall–Kier alpha value is -1.71. The predicted molar refractivity (Wildman–Crippen MR) is 128 cm³/mol. The lowest BCUT2D eigenvalue weighted by Crippen LogP contribution is -2.38. The summed E-state index contributed by atoms with van der Waals surface area (Å²) in [5.41, 5.74) is 0.883. The highest BCUT2D eigenvalue weighted by Crippen LogP contribution is 2.29. The van der Waals surface area contributed by atoms with Crippen molar-refractivity contribution in [1.29, 1.82) is 0 Å². The van der Waals surface area contributed by atoms with E-state index in [1.807, 2.05) is 42.6 Å². The molecule has 0 spiro atoms. The summed E-state index contributed by atoms with van der Waals surface area (Å²) in [5, 5.41) is 5.36. The number of hydrogen-bond acceptors (Lipinski definition) is 5. The fourth-order valence-electron chi connectivity index (χ4n) is 3.18. The molecule has 0 aliphatic carbocycles. The molecule has 1 amide bonds. The van der Waals surface area contributed by atoms with Gasteiger partial charge in [0.2, 0.25) is 5.91 Å². The summed E-state index contributed by atoms with van der Waals surface area (Å²) in [6, 6.07) is 14.5. The van der Waals surface area contributed by atoms with Crippen molar-refractivity contribution < 1.29 is 13.2 Å². The second-order valence-corrected chi connectivity index (χ2v) is 12.0. The predicted octanol–water partition coefficient (Wildman–Crippen LogP) is 4.96. The molecule has 0 saturated carbocycles. The highest BCUT2D eigenvalue weighted by Gasteiger charge is 2.31. The van der Waals surface area contributed by atoms with Crippen molar-refractivity contribution in [2.45, 2.75) is 43.5 Å². The van der Waals surface area contributed by atoms with Gasteiger partial charge in [-0.05, 0) is 61.0 Å². The maximum atomic E-state index is 13.6. The van der Waals surface area contributed by atoms with Crippen LogP contribution in [0.25, 0.3) is 0 Å². The molecule has 1 unspecified atom stereocenters. The lowest BCUT2D eigenvalue weighted by molar-refractivity contribution is -0.118. The Morgan fingerprint density at radius 1 is 1.13 bits per heavy atom. The van der Waals surface area contributed by atoms with Crippen LogP contribution in [0.2, 0.25) is 5.02 Å². The first-order valence-electron chi connectivity index (χ1n) is 9.87. The first kappa shape index (κ1) is 23.9. The quantitative estimate of drug-likeness (QED) is 0.431. The van der Waals surface area contributed by atoms with E-state index in [0.717, 1.165) is 15.3 Å². The third kappa shape index (κ3) is 6.63. The topological polar surface area (TPSA) is 66.5 Å². The Labute approximate surface area is 196 Å². The zero-order valence-electron chi connectivity index (χ0n) is 17.4. The number of nitrogens with zero attached hydrogens (tertiary/aromatic N) is 1. The SMILES string of the molecule is CC(=O)NCCc1ccc(S(=O)(=O)N(Cc2ccc(Cl)cc2)C(C)Cc2cccs2)s1. The average Bonchev–Trinajstić information content (AvgIpc) is 3.39. The molecule has 1 aromatic carbocycles. The summed E-state index contributed by atoms with van der Waals surface area (Å²) in [7, 11) is -3.70. The maximum absolute atomic E-state index is 13.6. The Bertz CT molecular complexity index is 1090. The number of nitrogens with one attached hydrogen (secondary N) is 1. The normalized spacial score (nSPS) is 12.8. The summed E-state index contributed by atoms with van der Waals surface area (Å²) in [5.74, 6) is -0.0963. The summed E-state index contributed by atoms with van der Waals surface area (Å²) < 4.78 is 29.1. The molecular formula is C22H25ClN2O3S3. The number of carbonyl (C=O) groups excluding carboxylic acids is 1. The Morgan fingerprint density at radius 3 is 2.52 bits per heavy atom. The van der Waals surface area contributed by atoms with Gasteiger partial charge in [0, 0.05) is 40.8 Å². The number of hydrogen-bond donors (Lipinski definition) is 1.